The molecule has 0 saturated carbocycles. The van der Waals surface area contributed by atoms with E-state index in [-0.39, 0.29) is 11.5 Å². The zero-order chi connectivity index (χ0) is 25.1. The summed E-state index contributed by atoms with van der Waals surface area (Å²) in [5.41, 5.74) is 1.58. The van der Waals surface area contributed by atoms with Gasteiger partial charge < -0.3 is 14.6 Å². The smallest absolute Gasteiger partial charge is 0.280 e. The van der Waals surface area contributed by atoms with Crippen molar-refractivity contribution < 1.29 is 9.53 Å². The highest BCUT2D eigenvalue weighted by atomic mass is 16.5. The molecule has 1 aliphatic rings. The van der Waals surface area contributed by atoms with E-state index in [9.17, 15) is 9.59 Å². The zero-order valence-electron chi connectivity index (χ0n) is 20.6. The van der Waals surface area contributed by atoms with E-state index in [1.54, 1.807) is 11.6 Å². The largest absolute Gasteiger partial charge is 0.379 e. The third kappa shape index (κ3) is 4.69. The monoisotopic (exact) mass is 489 g/mol. The molecule has 1 saturated heterocycles. The lowest BCUT2D eigenvalue weighted by Crippen LogP contribution is -2.40. The lowest BCUT2D eigenvalue weighted by atomic mass is 10.2. The maximum Gasteiger partial charge on any atom is 0.280 e. The topological polar surface area (TPSA) is 99.2 Å². The molecule has 10 nitrogen and oxygen atoms in total. The molecule has 0 radical (unpaired) electrons. The van der Waals surface area contributed by atoms with Crippen molar-refractivity contribution in [2.45, 2.75) is 26.3 Å². The summed E-state index contributed by atoms with van der Waals surface area (Å²) in [4.78, 5) is 29.1. The first-order chi connectivity index (χ1) is 17.5. The van der Waals surface area contributed by atoms with E-state index in [4.69, 9.17) is 9.84 Å². The van der Waals surface area contributed by atoms with E-state index in [2.05, 4.69) is 15.3 Å². The number of nitrogens with one attached hydrogen (secondary N) is 1. The van der Waals surface area contributed by atoms with Crippen molar-refractivity contribution in [2.24, 2.45) is 0 Å². The summed E-state index contributed by atoms with van der Waals surface area (Å²) in [7, 11) is 0. The second-order valence-corrected chi connectivity index (χ2v) is 8.99. The van der Waals surface area contributed by atoms with Gasteiger partial charge in [-0.25, -0.2) is 9.36 Å². The fourth-order valence-electron chi connectivity index (χ4n) is 4.55. The molecule has 0 aliphatic carbocycles. The average molecular weight is 490 g/mol. The Morgan fingerprint density at radius 3 is 2.53 bits per heavy atom. The predicted molar refractivity (Wildman–Crippen MR) is 137 cm³/mol. The number of rotatable bonds is 8. The van der Waals surface area contributed by atoms with Crippen molar-refractivity contribution in [1.29, 1.82) is 0 Å². The highest BCUT2D eigenvalue weighted by Gasteiger charge is 2.25. The Hall–Kier alpha value is -3.76. The number of hydrogen-bond acceptors (Lipinski definition) is 6. The number of carbonyl (C=O) groups excluding carboxylic acids is 1. The van der Waals surface area contributed by atoms with Crippen molar-refractivity contribution in [3.05, 3.63) is 70.9 Å². The molecule has 1 fully saturated rings. The Labute approximate surface area is 209 Å². The number of morpholine rings is 1. The molecule has 10 heteroatoms. The van der Waals surface area contributed by atoms with Crippen LogP contribution in [0, 0.1) is 6.92 Å². The van der Waals surface area contributed by atoms with E-state index < -0.39 is 6.04 Å². The molecule has 4 heterocycles. The van der Waals surface area contributed by atoms with E-state index in [1.807, 2.05) is 66.3 Å². The molecule has 36 heavy (non-hydrogen) atoms. The quantitative estimate of drug-likeness (QED) is 0.381. The van der Waals surface area contributed by atoms with Gasteiger partial charge >= 0.3 is 0 Å². The summed E-state index contributed by atoms with van der Waals surface area (Å²) in [6, 6.07) is 12.7. The van der Waals surface area contributed by atoms with Crippen LogP contribution in [0.4, 0.5) is 0 Å². The van der Waals surface area contributed by atoms with Crippen LogP contribution in [0.3, 0.4) is 0 Å². The van der Waals surface area contributed by atoms with Gasteiger partial charge in [-0.3, -0.25) is 14.5 Å². The Kier molecular flexibility index (Phi) is 6.97. The molecular formula is C26H31N7O3. The second-order valence-electron chi connectivity index (χ2n) is 8.99. The normalized spacial score (nSPS) is 15.3. The molecular weight excluding hydrogens is 458 g/mol. The second kappa shape index (κ2) is 10.5. The molecule has 5 rings (SSSR count). The van der Waals surface area contributed by atoms with Gasteiger partial charge in [0.05, 0.1) is 24.6 Å². The van der Waals surface area contributed by atoms with Crippen LogP contribution in [-0.4, -0.2) is 74.3 Å². The van der Waals surface area contributed by atoms with Crippen molar-refractivity contribution in [1.82, 2.24) is 34.3 Å². The molecule has 1 N–H and O–H groups in total. The molecule has 1 amide bonds. The fourth-order valence-corrected chi connectivity index (χ4v) is 4.55. The van der Waals surface area contributed by atoms with Gasteiger partial charge in [-0.1, -0.05) is 18.2 Å². The number of benzene rings is 1. The minimum absolute atomic E-state index is 0.233. The minimum Gasteiger partial charge on any atom is -0.379 e. The molecule has 1 atom stereocenters. The Morgan fingerprint density at radius 2 is 1.81 bits per heavy atom. The van der Waals surface area contributed by atoms with Crippen molar-refractivity contribution in [3.63, 3.8) is 0 Å². The Bertz CT molecular complexity index is 1390. The first-order valence-electron chi connectivity index (χ1n) is 12.3. The predicted octanol–water partition coefficient (Wildman–Crippen LogP) is 2.08. The number of amides is 1. The average Bonchev–Trinajstić information content (AvgIpc) is 3.58. The van der Waals surface area contributed by atoms with Crippen molar-refractivity contribution in [3.8, 4) is 11.5 Å². The molecule has 1 aliphatic heterocycles. The van der Waals surface area contributed by atoms with E-state index in [1.165, 1.54) is 4.68 Å². The standard InChI is InChI=1S/C26H31N7O3/c1-19-23-22(25(31-13-6-7-14-31)33(29-23)21-9-4-3-5-10-21)26(35)32(28-19)20(2)24(34)27-11-8-12-30-15-17-36-18-16-30/h3-7,9-10,13-14,20H,8,11-12,15-18H2,1-2H3,(H,27,34). The maximum atomic E-state index is 13.8. The summed E-state index contributed by atoms with van der Waals surface area (Å²) < 4.78 is 10.3. The lowest BCUT2D eigenvalue weighted by molar-refractivity contribution is -0.124. The van der Waals surface area contributed by atoms with Crippen LogP contribution in [0.2, 0.25) is 0 Å². The Morgan fingerprint density at radius 1 is 1.08 bits per heavy atom. The number of aromatic nitrogens is 5. The zero-order valence-corrected chi connectivity index (χ0v) is 20.6. The van der Waals surface area contributed by atoms with Gasteiger partial charge in [0.25, 0.3) is 5.56 Å². The molecule has 188 valence electrons. The fraction of sp³-hybridized carbons (Fsp3) is 0.385. The van der Waals surface area contributed by atoms with Crippen LogP contribution in [-0.2, 0) is 9.53 Å². The van der Waals surface area contributed by atoms with Gasteiger partial charge in [0.2, 0.25) is 5.91 Å². The number of hydrogen-bond donors (Lipinski definition) is 1. The van der Waals surface area contributed by atoms with Gasteiger partial charge in [0, 0.05) is 32.0 Å². The third-order valence-corrected chi connectivity index (χ3v) is 6.53. The van der Waals surface area contributed by atoms with E-state index in [0.717, 1.165) is 45.0 Å². The Balaban J connectivity index is 1.44. The van der Waals surface area contributed by atoms with Gasteiger partial charge in [0.1, 0.15) is 16.9 Å². The summed E-state index contributed by atoms with van der Waals surface area (Å²) in [6.07, 6.45) is 4.58. The number of nitrogens with zero attached hydrogens (tertiary/aromatic N) is 6. The maximum absolute atomic E-state index is 13.8. The number of aryl methyl sites for hydroxylation is 1. The van der Waals surface area contributed by atoms with Crippen molar-refractivity contribution >= 4 is 16.8 Å². The summed E-state index contributed by atoms with van der Waals surface area (Å²) in [6.45, 7) is 8.31. The summed E-state index contributed by atoms with van der Waals surface area (Å²) in [5, 5.41) is 12.6. The SMILES string of the molecule is Cc1nn(C(C)C(=O)NCCCN2CCOCC2)c(=O)c2c(-n3cccc3)n(-c3ccccc3)nc12. The number of para-hydroxylation sites is 1. The molecule has 0 spiro atoms. The van der Waals surface area contributed by atoms with Gasteiger partial charge in [-0.2, -0.15) is 10.2 Å². The molecule has 3 aromatic heterocycles. The summed E-state index contributed by atoms with van der Waals surface area (Å²) in [5.74, 6) is 0.381. The first-order valence-corrected chi connectivity index (χ1v) is 12.3. The lowest BCUT2D eigenvalue weighted by Gasteiger charge is -2.26. The van der Waals surface area contributed by atoms with E-state index >= 15 is 0 Å². The first kappa shape index (κ1) is 24.0. The van der Waals surface area contributed by atoms with Crippen LogP contribution in [0.25, 0.3) is 22.4 Å². The van der Waals surface area contributed by atoms with Crippen LogP contribution in [0.1, 0.15) is 25.1 Å². The minimum atomic E-state index is -0.762. The van der Waals surface area contributed by atoms with Crippen LogP contribution < -0.4 is 10.9 Å². The van der Waals surface area contributed by atoms with Gasteiger partial charge in [-0.05, 0) is 51.1 Å². The van der Waals surface area contributed by atoms with Crippen LogP contribution in [0.5, 0.6) is 0 Å². The molecule has 4 aromatic rings. The van der Waals surface area contributed by atoms with E-state index in [0.29, 0.717) is 29.0 Å². The summed E-state index contributed by atoms with van der Waals surface area (Å²) >= 11 is 0. The number of fused-ring (bicyclic) bond motifs is 1. The van der Waals surface area contributed by atoms with Crippen molar-refractivity contribution in [2.75, 3.05) is 39.4 Å². The van der Waals surface area contributed by atoms with Crippen LogP contribution >= 0.6 is 0 Å². The highest BCUT2D eigenvalue weighted by molar-refractivity contribution is 5.88. The highest BCUT2D eigenvalue weighted by Crippen LogP contribution is 2.25. The molecule has 1 unspecified atom stereocenters. The molecule has 0 bridgehead atoms. The number of carbonyl (C=O) groups is 1. The van der Waals surface area contributed by atoms with Gasteiger partial charge in [0.15, 0.2) is 5.82 Å². The third-order valence-electron chi connectivity index (χ3n) is 6.53. The van der Waals surface area contributed by atoms with Gasteiger partial charge in [-0.15, -0.1) is 0 Å². The van der Waals surface area contributed by atoms with Crippen LogP contribution in [0.15, 0.2) is 59.7 Å². The molecule has 1 aromatic carbocycles. The number of ether oxygens (including phenoxy) is 1.